The molecule has 4 nitrogen and oxygen atoms in total. The van der Waals surface area contributed by atoms with E-state index in [9.17, 15) is 14.0 Å². The molecule has 4 rings (SSSR count). The molecule has 0 aromatic heterocycles. The largest absolute Gasteiger partial charge is 0.481 e. The van der Waals surface area contributed by atoms with Crippen molar-refractivity contribution < 1.29 is 19.1 Å². The van der Waals surface area contributed by atoms with Gasteiger partial charge in [-0.1, -0.05) is 79.5 Å². The third kappa shape index (κ3) is 6.22. The maximum absolute atomic E-state index is 14.7. The Kier molecular flexibility index (Phi) is 8.80. The van der Waals surface area contributed by atoms with Gasteiger partial charge in [-0.05, 0) is 71.7 Å². The highest BCUT2D eigenvalue weighted by atomic mass is 35.5. The minimum Gasteiger partial charge on any atom is -0.481 e. The van der Waals surface area contributed by atoms with E-state index in [0.717, 1.165) is 34.9 Å². The fraction of sp³-hybridized carbons (Fsp3) is 0.250. The molecule has 0 saturated heterocycles. The second kappa shape index (κ2) is 12.2. The topological polar surface area (TPSA) is 66.4 Å². The van der Waals surface area contributed by atoms with Crippen LogP contribution in [0.15, 0.2) is 84.9 Å². The Morgan fingerprint density at radius 2 is 1.53 bits per heavy atom. The van der Waals surface area contributed by atoms with Crippen LogP contribution in [0.4, 0.5) is 4.39 Å². The van der Waals surface area contributed by atoms with E-state index in [1.807, 2.05) is 60.7 Å². The van der Waals surface area contributed by atoms with Crippen molar-refractivity contribution in [3.63, 3.8) is 0 Å². The number of carboxylic acids is 1. The molecule has 1 amide bonds. The number of aliphatic carboxylic acids is 1. The van der Waals surface area contributed by atoms with E-state index in [2.05, 4.69) is 12.2 Å². The summed E-state index contributed by atoms with van der Waals surface area (Å²) >= 11 is 6.23. The average molecular weight is 532 g/mol. The first-order chi connectivity index (χ1) is 18.3. The lowest BCUT2D eigenvalue weighted by molar-refractivity contribution is -0.137. The summed E-state index contributed by atoms with van der Waals surface area (Å²) < 4.78 is 14.7. The fourth-order valence-corrected chi connectivity index (χ4v) is 5.32. The molecule has 0 heterocycles. The lowest BCUT2D eigenvalue weighted by Crippen LogP contribution is -2.34. The fourth-order valence-electron chi connectivity index (χ4n) is 5.19. The van der Waals surface area contributed by atoms with E-state index in [-0.39, 0.29) is 30.0 Å². The molecule has 0 fully saturated rings. The van der Waals surface area contributed by atoms with Gasteiger partial charge in [-0.25, -0.2) is 4.39 Å². The van der Waals surface area contributed by atoms with Gasteiger partial charge in [-0.3, -0.25) is 9.59 Å². The Morgan fingerprint density at radius 3 is 2.16 bits per heavy atom. The van der Waals surface area contributed by atoms with Gasteiger partial charge >= 0.3 is 5.97 Å². The SMILES string of the molecule is CCC[C@H](c1ccc(C(=O)NC(C)CC(=O)O)cc1)C(c1ccc(Cl)cc1)c1ccc(F)c2ccccc12. The van der Waals surface area contributed by atoms with Crippen molar-refractivity contribution in [2.45, 2.75) is 51.0 Å². The molecular formula is C32H31ClFNO3. The number of carbonyl (C=O) groups excluding carboxylic acids is 1. The third-order valence-corrected chi connectivity index (χ3v) is 7.18. The van der Waals surface area contributed by atoms with E-state index in [4.69, 9.17) is 16.7 Å². The molecule has 0 saturated carbocycles. The molecular weight excluding hydrogens is 501 g/mol. The van der Waals surface area contributed by atoms with E-state index in [0.29, 0.717) is 16.0 Å². The number of carboxylic acid groups (broad SMARTS) is 1. The zero-order valence-corrected chi connectivity index (χ0v) is 22.2. The predicted octanol–water partition coefficient (Wildman–Crippen LogP) is 7.94. The highest BCUT2D eigenvalue weighted by Crippen LogP contribution is 2.44. The third-order valence-electron chi connectivity index (χ3n) is 6.93. The number of amides is 1. The molecule has 0 radical (unpaired) electrons. The van der Waals surface area contributed by atoms with Gasteiger partial charge < -0.3 is 10.4 Å². The molecule has 0 aliphatic heterocycles. The smallest absolute Gasteiger partial charge is 0.305 e. The minimum atomic E-state index is -0.961. The van der Waals surface area contributed by atoms with Gasteiger partial charge in [-0.15, -0.1) is 0 Å². The van der Waals surface area contributed by atoms with Crippen LogP contribution in [0.2, 0.25) is 5.02 Å². The molecule has 2 N–H and O–H groups in total. The van der Waals surface area contributed by atoms with Gasteiger partial charge in [0.2, 0.25) is 0 Å². The van der Waals surface area contributed by atoms with Crippen molar-refractivity contribution in [1.82, 2.24) is 5.32 Å². The lowest BCUT2D eigenvalue weighted by atomic mass is 9.74. The zero-order chi connectivity index (χ0) is 27.2. The van der Waals surface area contributed by atoms with Gasteiger partial charge in [0.05, 0.1) is 6.42 Å². The summed E-state index contributed by atoms with van der Waals surface area (Å²) in [5.41, 5.74) is 3.65. The van der Waals surface area contributed by atoms with Crippen molar-refractivity contribution in [2.24, 2.45) is 0 Å². The zero-order valence-electron chi connectivity index (χ0n) is 21.5. The number of hydrogen-bond donors (Lipinski definition) is 2. The molecule has 0 aliphatic carbocycles. The number of hydrogen-bond acceptors (Lipinski definition) is 2. The average Bonchev–Trinajstić information content (AvgIpc) is 2.90. The molecule has 0 bridgehead atoms. The molecule has 2 unspecified atom stereocenters. The normalized spacial score (nSPS) is 13.6. The van der Waals surface area contributed by atoms with E-state index in [1.54, 1.807) is 25.1 Å². The first-order valence-electron chi connectivity index (χ1n) is 12.8. The number of halogens is 2. The van der Waals surface area contributed by atoms with Crippen molar-refractivity contribution in [3.05, 3.63) is 118 Å². The molecule has 38 heavy (non-hydrogen) atoms. The highest BCUT2D eigenvalue weighted by molar-refractivity contribution is 6.30. The van der Waals surface area contributed by atoms with Crippen LogP contribution >= 0.6 is 11.6 Å². The van der Waals surface area contributed by atoms with E-state index < -0.39 is 12.0 Å². The molecule has 0 spiro atoms. The summed E-state index contributed by atoms with van der Waals surface area (Å²) in [6.45, 7) is 3.81. The first-order valence-corrected chi connectivity index (χ1v) is 13.2. The van der Waals surface area contributed by atoms with Crippen LogP contribution < -0.4 is 5.32 Å². The number of fused-ring (bicyclic) bond motifs is 1. The summed E-state index contributed by atoms with van der Waals surface area (Å²) in [5, 5.41) is 13.8. The Bertz CT molecular complexity index is 1420. The summed E-state index contributed by atoms with van der Waals surface area (Å²) in [7, 11) is 0. The summed E-state index contributed by atoms with van der Waals surface area (Å²) in [6, 6.07) is 25.8. The number of nitrogens with one attached hydrogen (secondary N) is 1. The van der Waals surface area contributed by atoms with Crippen molar-refractivity contribution in [2.75, 3.05) is 0 Å². The summed E-state index contributed by atoms with van der Waals surface area (Å²) in [5.74, 6) is -1.54. The van der Waals surface area contributed by atoms with Crippen LogP contribution in [0, 0.1) is 5.82 Å². The molecule has 6 heteroatoms. The minimum absolute atomic E-state index is 0.0538. The molecule has 4 aromatic rings. The first kappa shape index (κ1) is 27.3. The molecule has 3 atom stereocenters. The van der Waals surface area contributed by atoms with Crippen LogP contribution in [0.5, 0.6) is 0 Å². The van der Waals surface area contributed by atoms with Gasteiger partial charge in [0, 0.05) is 27.9 Å². The Balaban J connectivity index is 1.76. The van der Waals surface area contributed by atoms with E-state index >= 15 is 0 Å². The lowest BCUT2D eigenvalue weighted by Gasteiger charge is -2.30. The molecule has 196 valence electrons. The van der Waals surface area contributed by atoms with Crippen LogP contribution in [-0.4, -0.2) is 23.0 Å². The van der Waals surface area contributed by atoms with Crippen molar-refractivity contribution in [1.29, 1.82) is 0 Å². The Labute approximate surface area is 227 Å². The Morgan fingerprint density at radius 1 is 0.895 bits per heavy atom. The van der Waals surface area contributed by atoms with Gasteiger partial charge in [-0.2, -0.15) is 0 Å². The maximum Gasteiger partial charge on any atom is 0.305 e. The number of carbonyl (C=O) groups is 2. The van der Waals surface area contributed by atoms with Crippen LogP contribution in [0.25, 0.3) is 10.8 Å². The highest BCUT2D eigenvalue weighted by Gasteiger charge is 2.28. The van der Waals surface area contributed by atoms with Gasteiger partial charge in [0.1, 0.15) is 5.82 Å². The summed E-state index contributed by atoms with van der Waals surface area (Å²) in [4.78, 5) is 23.6. The van der Waals surface area contributed by atoms with Crippen LogP contribution in [-0.2, 0) is 4.79 Å². The molecule has 4 aromatic carbocycles. The predicted molar refractivity (Wildman–Crippen MR) is 150 cm³/mol. The van der Waals surface area contributed by atoms with Crippen LogP contribution in [0.1, 0.15) is 72.0 Å². The second-order valence-electron chi connectivity index (χ2n) is 9.70. The van der Waals surface area contributed by atoms with Crippen molar-refractivity contribution in [3.8, 4) is 0 Å². The Hall–Kier alpha value is -3.70. The summed E-state index contributed by atoms with van der Waals surface area (Å²) in [6.07, 6.45) is 1.67. The molecule has 0 aliphatic rings. The van der Waals surface area contributed by atoms with Crippen LogP contribution in [0.3, 0.4) is 0 Å². The second-order valence-corrected chi connectivity index (χ2v) is 10.1. The number of benzene rings is 4. The number of rotatable bonds is 10. The van der Waals surface area contributed by atoms with E-state index in [1.165, 1.54) is 6.07 Å². The van der Waals surface area contributed by atoms with Gasteiger partial charge in [0.15, 0.2) is 0 Å². The monoisotopic (exact) mass is 531 g/mol. The standard InChI is InChI=1S/C32H31ClFNO3/c1-3-6-25(21-9-11-23(12-10-21)32(38)35-20(2)19-30(36)37)31(22-13-15-24(33)16-14-22)28-17-18-29(34)27-8-5-4-7-26(27)28/h4-5,7-18,20,25,31H,3,6,19H2,1-2H3,(H,35,38)(H,36,37)/t20?,25-,31?/m1/s1. The quantitative estimate of drug-likeness (QED) is 0.218. The van der Waals surface area contributed by atoms with Gasteiger partial charge in [0.25, 0.3) is 5.91 Å². The maximum atomic E-state index is 14.7. The van der Waals surface area contributed by atoms with Crippen molar-refractivity contribution >= 4 is 34.2 Å².